The first-order chi connectivity index (χ1) is 3.18. The van der Waals surface area contributed by atoms with E-state index < -0.39 is 9.46 Å². The molecule has 0 saturated carbocycles. The zero-order valence-corrected chi connectivity index (χ0v) is 7.10. The van der Waals surface area contributed by atoms with E-state index in [4.69, 9.17) is 10.2 Å². The van der Waals surface area contributed by atoms with Crippen LogP contribution in [0.5, 0.6) is 0 Å². The summed E-state index contributed by atoms with van der Waals surface area (Å²) in [5, 5.41) is 17.2. The molecule has 4 heteroatoms. The monoisotopic (exact) mass is 130 g/mol. The van der Waals surface area contributed by atoms with Gasteiger partial charge in [-0.3, -0.25) is 0 Å². The number of aliphatic hydroxyl groups is 2. The fourth-order valence-electron chi connectivity index (χ4n) is 0.153. The summed E-state index contributed by atoms with van der Waals surface area (Å²) in [6.07, 6.45) is -0.616. The first-order valence-corrected chi connectivity index (χ1v) is 3.94. The molecule has 0 aliphatic heterocycles. The Labute approximate surface area is 65.7 Å². The molecule has 0 aliphatic rings. The van der Waals surface area contributed by atoms with Gasteiger partial charge in [-0.05, 0) is 0 Å². The molecular formula is C3H7NaO2S. The van der Waals surface area contributed by atoms with Gasteiger partial charge in [0.05, 0.1) is 0 Å². The molecule has 0 amide bonds. The quantitative estimate of drug-likeness (QED) is 0.323. The summed E-state index contributed by atoms with van der Waals surface area (Å²) in [5.41, 5.74) is 0. The third kappa shape index (κ3) is 3.82. The minimum absolute atomic E-state index is 0.352. The van der Waals surface area contributed by atoms with Crippen LogP contribution in [0.15, 0.2) is 0 Å². The van der Waals surface area contributed by atoms with Gasteiger partial charge in [-0.25, -0.2) is 0 Å². The van der Waals surface area contributed by atoms with E-state index in [0.29, 0.717) is 33.7 Å². The molecule has 2 unspecified atom stereocenters. The van der Waals surface area contributed by atoms with E-state index in [-0.39, 0.29) is 0 Å². The maximum atomic E-state index is 8.64. The summed E-state index contributed by atoms with van der Waals surface area (Å²) < 4.78 is -0.516. The molecule has 0 spiro atoms. The zero-order chi connectivity index (χ0) is 5.86. The van der Waals surface area contributed by atoms with Gasteiger partial charge in [0.15, 0.2) is 0 Å². The Morgan fingerprint density at radius 2 is 2.00 bits per heavy atom. The Kier molecular flexibility index (Phi) is 4.94. The third-order valence-corrected chi connectivity index (χ3v) is 1.89. The molecule has 38 valence electrons. The molecule has 0 aromatic carbocycles. The van der Waals surface area contributed by atoms with Crippen molar-refractivity contribution in [2.45, 2.75) is 9.46 Å². The fourth-order valence-corrected chi connectivity index (χ4v) is 1.09. The molecule has 2 N–H and O–H groups in total. The van der Waals surface area contributed by atoms with Crippen molar-refractivity contribution in [3.05, 3.63) is 0 Å². The summed E-state index contributed by atoms with van der Waals surface area (Å²) in [5.74, 6) is 0.352. The van der Waals surface area contributed by atoms with E-state index in [9.17, 15) is 0 Å². The second-order valence-electron chi connectivity index (χ2n) is 1.49. The summed E-state index contributed by atoms with van der Waals surface area (Å²) in [4.78, 5) is 0. The second kappa shape index (κ2) is 4.18. The van der Waals surface area contributed by atoms with Crippen LogP contribution in [-0.2, 0) is 0 Å². The van der Waals surface area contributed by atoms with Gasteiger partial charge in [-0.1, -0.05) is 0 Å². The van der Waals surface area contributed by atoms with Gasteiger partial charge >= 0.3 is 66.0 Å². The number of aliphatic hydroxyl groups excluding tert-OH is 2. The summed E-state index contributed by atoms with van der Waals surface area (Å²) in [6, 6.07) is 0. The van der Waals surface area contributed by atoms with E-state index in [1.54, 1.807) is 0 Å². The normalized spacial score (nSPS) is 19.0. The van der Waals surface area contributed by atoms with Crippen molar-refractivity contribution in [3.8, 4) is 0 Å². The average molecular weight is 130 g/mol. The van der Waals surface area contributed by atoms with Crippen molar-refractivity contribution in [2.75, 3.05) is 5.75 Å². The first-order valence-electron chi connectivity index (χ1n) is 2.15. The SMILES string of the molecule is O[CH]([Na])C(O)CS. The molecule has 0 aromatic heterocycles. The minimum atomic E-state index is -0.616. The standard InChI is InChI=1S/C3H7O2S.Na/c4-1-3(5)2-6;/h1,3-6H,2H2;. The average Bonchev–Trinajstić information content (AvgIpc) is 1.65. The second-order valence-corrected chi connectivity index (χ2v) is 3.04. The molecule has 2 nitrogen and oxygen atoms in total. The van der Waals surface area contributed by atoms with Crippen LogP contribution in [0.4, 0.5) is 0 Å². The Morgan fingerprint density at radius 1 is 1.57 bits per heavy atom. The summed E-state index contributed by atoms with van der Waals surface area (Å²) >= 11 is 4.39. The van der Waals surface area contributed by atoms with Gasteiger partial charge in [0.1, 0.15) is 0 Å². The molecule has 0 bridgehead atoms. The zero-order valence-electron chi connectivity index (χ0n) is 4.20. The summed E-state index contributed by atoms with van der Waals surface area (Å²) in [7, 11) is 0. The van der Waals surface area contributed by atoms with Crippen molar-refractivity contribution in [1.82, 2.24) is 0 Å². The Bertz CT molecular complexity index is 50.2. The van der Waals surface area contributed by atoms with Crippen LogP contribution < -0.4 is 0 Å². The maximum absolute atomic E-state index is 8.64. The van der Waals surface area contributed by atoms with Crippen molar-refractivity contribution >= 4 is 40.6 Å². The topological polar surface area (TPSA) is 40.5 Å². The molecule has 0 rings (SSSR count). The number of rotatable bonds is 2. The van der Waals surface area contributed by atoms with Gasteiger partial charge in [0.25, 0.3) is 0 Å². The van der Waals surface area contributed by atoms with Crippen LogP contribution >= 0.6 is 12.6 Å². The van der Waals surface area contributed by atoms with Gasteiger partial charge < -0.3 is 0 Å². The van der Waals surface area contributed by atoms with Crippen molar-refractivity contribution in [2.24, 2.45) is 0 Å². The van der Waals surface area contributed by atoms with Crippen LogP contribution in [0.2, 0.25) is 0 Å². The molecule has 7 heavy (non-hydrogen) atoms. The molecule has 2 atom stereocenters. The van der Waals surface area contributed by atoms with Crippen LogP contribution in [0, 0.1) is 0 Å². The van der Waals surface area contributed by atoms with Crippen LogP contribution in [0.25, 0.3) is 0 Å². The summed E-state index contributed by atoms with van der Waals surface area (Å²) in [6.45, 7) is 0. The molecule has 0 aliphatic carbocycles. The van der Waals surface area contributed by atoms with Crippen molar-refractivity contribution < 1.29 is 10.2 Å². The molecule has 0 saturated heterocycles. The fraction of sp³-hybridized carbons (Fsp3) is 1.00. The molecule has 0 fully saturated rings. The van der Waals surface area contributed by atoms with Gasteiger partial charge in [0, 0.05) is 0 Å². The van der Waals surface area contributed by atoms with Crippen LogP contribution in [0.1, 0.15) is 0 Å². The predicted molar refractivity (Wildman–Crippen MR) is 31.6 cm³/mol. The van der Waals surface area contributed by atoms with Gasteiger partial charge in [-0.2, -0.15) is 0 Å². The van der Waals surface area contributed by atoms with E-state index >= 15 is 0 Å². The van der Waals surface area contributed by atoms with E-state index in [0.717, 1.165) is 0 Å². The number of hydrogen-bond acceptors (Lipinski definition) is 3. The predicted octanol–water partition coefficient (Wildman–Crippen LogP) is -1.24. The van der Waals surface area contributed by atoms with Crippen LogP contribution in [0.3, 0.4) is 0 Å². The molecular weight excluding hydrogens is 123 g/mol. The molecule has 0 aromatic rings. The van der Waals surface area contributed by atoms with E-state index in [1.807, 2.05) is 0 Å². The third-order valence-electron chi connectivity index (χ3n) is 0.744. The van der Waals surface area contributed by atoms with Gasteiger partial charge in [0.2, 0.25) is 0 Å². The number of thiol groups is 1. The van der Waals surface area contributed by atoms with Crippen molar-refractivity contribution in [3.63, 3.8) is 0 Å². The Balaban J connectivity index is 3.14. The van der Waals surface area contributed by atoms with Crippen molar-refractivity contribution in [1.29, 1.82) is 0 Å². The van der Waals surface area contributed by atoms with E-state index in [1.165, 1.54) is 0 Å². The first kappa shape index (κ1) is 8.27. The Morgan fingerprint density at radius 3 is 2.00 bits per heavy atom. The van der Waals surface area contributed by atoms with E-state index in [2.05, 4.69) is 12.6 Å². The van der Waals surface area contributed by atoms with Crippen LogP contribution in [-0.4, -0.2) is 53.4 Å². The molecule has 0 heterocycles. The number of hydrogen-bond donors (Lipinski definition) is 3. The Hall–Kier alpha value is 1.27. The van der Waals surface area contributed by atoms with Gasteiger partial charge in [-0.15, -0.1) is 0 Å². The molecule has 0 radical (unpaired) electrons.